The lowest BCUT2D eigenvalue weighted by atomic mass is 9.94. The van der Waals surface area contributed by atoms with Gasteiger partial charge < -0.3 is 21.2 Å². The van der Waals surface area contributed by atoms with Crippen molar-refractivity contribution in [2.45, 2.75) is 19.4 Å². The molecule has 0 bridgehead atoms. The molecule has 0 saturated carbocycles. The monoisotopic (exact) mass is 290 g/mol. The standard InChI is InChI=1S/C15H22N4O2/c1-10-9-19(2)8-7-13(10)17-15(20)12-5-3-11(4-6-12)14(16)18-21/h3-6,10,13,21H,7-9H2,1-2H3,(H2,16,18)(H,17,20). The predicted octanol–water partition coefficient (Wildman–Crippen LogP) is 0.851. The minimum absolute atomic E-state index is 0.0332. The number of likely N-dealkylation sites (tertiary alicyclic amines) is 1. The summed E-state index contributed by atoms with van der Waals surface area (Å²) in [5, 5.41) is 14.6. The number of nitrogens with two attached hydrogens (primary N) is 1. The minimum atomic E-state index is -0.0811. The summed E-state index contributed by atoms with van der Waals surface area (Å²) in [7, 11) is 2.10. The van der Waals surface area contributed by atoms with Crippen LogP contribution in [0, 0.1) is 5.92 Å². The van der Waals surface area contributed by atoms with Gasteiger partial charge in [0.2, 0.25) is 0 Å². The maximum absolute atomic E-state index is 12.3. The molecule has 2 rings (SSSR count). The maximum atomic E-state index is 12.3. The van der Waals surface area contributed by atoms with Crippen molar-refractivity contribution < 1.29 is 10.0 Å². The largest absolute Gasteiger partial charge is 0.409 e. The normalized spacial score (nSPS) is 23.8. The van der Waals surface area contributed by atoms with Crippen LogP contribution in [0.5, 0.6) is 0 Å². The molecule has 0 aromatic heterocycles. The Morgan fingerprint density at radius 3 is 2.57 bits per heavy atom. The van der Waals surface area contributed by atoms with Crippen molar-refractivity contribution in [1.82, 2.24) is 10.2 Å². The highest BCUT2D eigenvalue weighted by Crippen LogP contribution is 2.16. The molecule has 0 aliphatic carbocycles. The Hall–Kier alpha value is -2.08. The molecule has 1 saturated heterocycles. The number of carbonyl (C=O) groups is 1. The van der Waals surface area contributed by atoms with Crippen LogP contribution in [0.25, 0.3) is 0 Å². The number of nitrogens with one attached hydrogen (secondary N) is 1. The van der Waals surface area contributed by atoms with Gasteiger partial charge in [-0.05, 0) is 38.1 Å². The zero-order chi connectivity index (χ0) is 15.4. The second kappa shape index (κ2) is 6.58. The molecule has 1 aromatic carbocycles. The number of amides is 1. The van der Waals surface area contributed by atoms with Crippen molar-refractivity contribution in [3.05, 3.63) is 35.4 Å². The number of benzene rings is 1. The van der Waals surface area contributed by atoms with Crippen LogP contribution in [0.15, 0.2) is 29.4 Å². The molecule has 2 unspecified atom stereocenters. The van der Waals surface area contributed by atoms with Crippen LogP contribution in [0.1, 0.15) is 29.3 Å². The van der Waals surface area contributed by atoms with E-state index in [-0.39, 0.29) is 17.8 Å². The highest BCUT2D eigenvalue weighted by atomic mass is 16.4. The van der Waals surface area contributed by atoms with Crippen LogP contribution < -0.4 is 11.1 Å². The Labute approximate surface area is 124 Å². The van der Waals surface area contributed by atoms with Gasteiger partial charge in [0.25, 0.3) is 5.91 Å². The van der Waals surface area contributed by atoms with E-state index in [0.717, 1.165) is 19.5 Å². The van der Waals surface area contributed by atoms with E-state index in [4.69, 9.17) is 10.9 Å². The van der Waals surface area contributed by atoms with E-state index in [0.29, 0.717) is 17.0 Å². The lowest BCUT2D eigenvalue weighted by molar-refractivity contribution is 0.0884. The van der Waals surface area contributed by atoms with Gasteiger partial charge in [-0.1, -0.05) is 24.2 Å². The molecule has 21 heavy (non-hydrogen) atoms. The summed E-state index contributed by atoms with van der Waals surface area (Å²) in [5.74, 6) is 0.387. The van der Waals surface area contributed by atoms with Gasteiger partial charge >= 0.3 is 0 Å². The van der Waals surface area contributed by atoms with E-state index in [2.05, 4.69) is 29.3 Å². The number of hydrogen-bond acceptors (Lipinski definition) is 4. The van der Waals surface area contributed by atoms with Gasteiger partial charge in [0.15, 0.2) is 5.84 Å². The van der Waals surface area contributed by atoms with Gasteiger partial charge in [-0.25, -0.2) is 0 Å². The number of hydrogen-bond donors (Lipinski definition) is 3. The molecule has 0 spiro atoms. The van der Waals surface area contributed by atoms with Gasteiger partial charge in [-0.15, -0.1) is 0 Å². The van der Waals surface area contributed by atoms with Gasteiger partial charge in [0.05, 0.1) is 0 Å². The van der Waals surface area contributed by atoms with Crippen LogP contribution >= 0.6 is 0 Å². The van der Waals surface area contributed by atoms with Crippen molar-refractivity contribution in [2.75, 3.05) is 20.1 Å². The molecule has 1 heterocycles. The second-order valence-electron chi connectivity index (χ2n) is 5.67. The topological polar surface area (TPSA) is 91.0 Å². The Kier molecular flexibility index (Phi) is 4.80. The Morgan fingerprint density at radius 2 is 2.00 bits per heavy atom. The average Bonchev–Trinajstić information content (AvgIpc) is 2.49. The SMILES string of the molecule is CC1CN(C)CCC1NC(=O)c1ccc(/C(N)=N/O)cc1. The molecule has 6 nitrogen and oxygen atoms in total. The lowest BCUT2D eigenvalue weighted by Crippen LogP contribution is -2.48. The minimum Gasteiger partial charge on any atom is -0.409 e. The predicted molar refractivity (Wildman–Crippen MR) is 81.5 cm³/mol. The third-order valence-corrected chi connectivity index (χ3v) is 3.98. The Balaban J connectivity index is 2.00. The first-order valence-electron chi connectivity index (χ1n) is 7.08. The number of nitrogens with zero attached hydrogens (tertiary/aromatic N) is 2. The summed E-state index contributed by atoms with van der Waals surface area (Å²) in [5.41, 5.74) is 6.66. The number of piperidine rings is 1. The first kappa shape index (κ1) is 15.3. The van der Waals surface area contributed by atoms with Gasteiger partial charge in [0.1, 0.15) is 0 Å². The summed E-state index contributed by atoms with van der Waals surface area (Å²) in [6.07, 6.45) is 0.964. The third kappa shape index (κ3) is 3.72. The quantitative estimate of drug-likeness (QED) is 0.333. The highest BCUT2D eigenvalue weighted by Gasteiger charge is 2.25. The van der Waals surface area contributed by atoms with Gasteiger partial charge in [-0.2, -0.15) is 0 Å². The van der Waals surface area contributed by atoms with E-state index in [1.54, 1.807) is 24.3 Å². The molecule has 2 atom stereocenters. The third-order valence-electron chi connectivity index (χ3n) is 3.98. The molecule has 4 N–H and O–H groups in total. The lowest BCUT2D eigenvalue weighted by Gasteiger charge is -2.35. The highest BCUT2D eigenvalue weighted by molar-refractivity contribution is 5.99. The van der Waals surface area contributed by atoms with Crippen LogP contribution in [-0.2, 0) is 0 Å². The molecule has 1 aliphatic rings. The fourth-order valence-corrected chi connectivity index (χ4v) is 2.67. The van der Waals surface area contributed by atoms with Crippen molar-refractivity contribution in [3.8, 4) is 0 Å². The van der Waals surface area contributed by atoms with E-state index in [1.165, 1.54) is 0 Å². The first-order chi connectivity index (χ1) is 10.0. The maximum Gasteiger partial charge on any atom is 0.251 e. The number of carbonyl (C=O) groups excluding carboxylic acids is 1. The zero-order valence-electron chi connectivity index (χ0n) is 12.4. The van der Waals surface area contributed by atoms with E-state index < -0.39 is 0 Å². The van der Waals surface area contributed by atoms with Crippen LogP contribution in [0.2, 0.25) is 0 Å². The van der Waals surface area contributed by atoms with Crippen molar-refractivity contribution in [2.24, 2.45) is 16.8 Å². The second-order valence-corrected chi connectivity index (χ2v) is 5.67. The van der Waals surface area contributed by atoms with E-state index in [1.807, 2.05) is 0 Å². The Bertz CT molecular complexity index is 527. The van der Waals surface area contributed by atoms with Crippen LogP contribution in [0.4, 0.5) is 0 Å². The molecule has 1 aromatic rings. The van der Waals surface area contributed by atoms with Crippen LogP contribution in [-0.4, -0.2) is 48.0 Å². The summed E-state index contributed by atoms with van der Waals surface area (Å²) in [6, 6.07) is 6.91. The smallest absolute Gasteiger partial charge is 0.251 e. The molecule has 1 fully saturated rings. The molecule has 114 valence electrons. The summed E-state index contributed by atoms with van der Waals surface area (Å²) in [4.78, 5) is 14.5. The summed E-state index contributed by atoms with van der Waals surface area (Å²) >= 11 is 0. The summed E-state index contributed by atoms with van der Waals surface area (Å²) in [6.45, 7) is 4.15. The van der Waals surface area contributed by atoms with Gasteiger partial charge in [-0.3, -0.25) is 4.79 Å². The number of oxime groups is 1. The molecular formula is C15H22N4O2. The molecule has 6 heteroatoms. The molecule has 1 aliphatic heterocycles. The van der Waals surface area contributed by atoms with Crippen molar-refractivity contribution in [1.29, 1.82) is 0 Å². The zero-order valence-corrected chi connectivity index (χ0v) is 12.4. The van der Waals surface area contributed by atoms with Gasteiger partial charge in [0, 0.05) is 23.7 Å². The molecule has 0 radical (unpaired) electrons. The average molecular weight is 290 g/mol. The molecule has 1 amide bonds. The van der Waals surface area contributed by atoms with E-state index >= 15 is 0 Å². The number of amidine groups is 1. The van der Waals surface area contributed by atoms with E-state index in [9.17, 15) is 4.79 Å². The Morgan fingerprint density at radius 1 is 1.38 bits per heavy atom. The summed E-state index contributed by atoms with van der Waals surface area (Å²) < 4.78 is 0. The first-order valence-corrected chi connectivity index (χ1v) is 7.08. The fourth-order valence-electron chi connectivity index (χ4n) is 2.67. The van der Waals surface area contributed by atoms with Crippen LogP contribution in [0.3, 0.4) is 0 Å². The van der Waals surface area contributed by atoms with Crippen molar-refractivity contribution in [3.63, 3.8) is 0 Å². The molecular weight excluding hydrogens is 268 g/mol. The fraction of sp³-hybridized carbons (Fsp3) is 0.467. The van der Waals surface area contributed by atoms with Crippen molar-refractivity contribution >= 4 is 11.7 Å². The number of rotatable bonds is 3.